The number of anilines is 1. The van der Waals surface area contributed by atoms with Crippen molar-refractivity contribution in [2.24, 2.45) is 0 Å². The first kappa shape index (κ1) is 12.9. The molecule has 1 saturated carbocycles. The Morgan fingerprint density at radius 2 is 2.19 bits per heavy atom. The average molecular weight is 290 g/mol. The molecule has 0 radical (unpaired) electrons. The number of nitrogens with zero attached hydrogens (tertiary/aromatic N) is 5. The zero-order valence-corrected chi connectivity index (χ0v) is 12.1. The van der Waals surface area contributed by atoms with Crippen LogP contribution in [0.5, 0.6) is 0 Å². The van der Waals surface area contributed by atoms with Gasteiger partial charge in [0.2, 0.25) is 0 Å². The van der Waals surface area contributed by atoms with E-state index < -0.39 is 5.67 Å². The Morgan fingerprint density at radius 3 is 3.00 bits per heavy atom. The summed E-state index contributed by atoms with van der Waals surface area (Å²) >= 11 is 0. The number of hydrogen-bond donors (Lipinski definition) is 1. The summed E-state index contributed by atoms with van der Waals surface area (Å²) < 4.78 is 16.2. The summed E-state index contributed by atoms with van der Waals surface area (Å²) in [5.74, 6) is 2.21. The summed E-state index contributed by atoms with van der Waals surface area (Å²) in [4.78, 5) is 2.00. The summed E-state index contributed by atoms with van der Waals surface area (Å²) in [6.07, 6.45) is 2.31. The maximum absolute atomic E-state index is 14.4. The predicted octanol–water partition coefficient (Wildman–Crippen LogP) is 1.14. The molecule has 2 aromatic rings. The average Bonchev–Trinajstić information content (AvgIpc) is 3.23. The van der Waals surface area contributed by atoms with E-state index in [0.717, 1.165) is 43.2 Å². The van der Waals surface area contributed by atoms with E-state index >= 15 is 0 Å². The van der Waals surface area contributed by atoms with Gasteiger partial charge in [-0.05, 0) is 31.9 Å². The predicted molar refractivity (Wildman–Crippen MR) is 77.4 cm³/mol. The maximum Gasteiger partial charge on any atom is 0.178 e. The molecule has 1 atom stereocenters. The quantitative estimate of drug-likeness (QED) is 0.899. The monoisotopic (exact) mass is 290 g/mol. The number of aromatic nitrogens is 4. The highest BCUT2D eigenvalue weighted by molar-refractivity contribution is 5.46. The van der Waals surface area contributed by atoms with Crippen LogP contribution in [-0.2, 0) is 0 Å². The van der Waals surface area contributed by atoms with Gasteiger partial charge in [0, 0.05) is 25.6 Å². The van der Waals surface area contributed by atoms with E-state index in [4.69, 9.17) is 0 Å². The highest BCUT2D eigenvalue weighted by Crippen LogP contribution is 2.38. The van der Waals surface area contributed by atoms with Crippen LogP contribution < -0.4 is 10.2 Å². The molecule has 7 heteroatoms. The van der Waals surface area contributed by atoms with Crippen molar-refractivity contribution in [1.82, 2.24) is 25.1 Å². The molecule has 21 heavy (non-hydrogen) atoms. The van der Waals surface area contributed by atoms with E-state index in [9.17, 15) is 4.39 Å². The fourth-order valence-corrected chi connectivity index (χ4v) is 2.85. The standard InChI is InChI=1S/C14H19FN6/c1-14(15)8-16-6-7-20(9-14)12-5-4-11-17-18-13(10-2-3-10)21(11)19-12/h4-5,10,16H,2-3,6-9H2,1H3. The van der Waals surface area contributed by atoms with E-state index in [2.05, 4.69) is 20.6 Å². The Balaban J connectivity index is 1.70. The molecule has 1 aliphatic carbocycles. The minimum atomic E-state index is -1.25. The lowest BCUT2D eigenvalue weighted by molar-refractivity contribution is 0.201. The van der Waals surface area contributed by atoms with Crippen LogP contribution in [0.2, 0.25) is 0 Å². The second-order valence-corrected chi connectivity index (χ2v) is 6.31. The molecule has 1 unspecified atom stereocenters. The van der Waals surface area contributed by atoms with Crippen LogP contribution in [0.3, 0.4) is 0 Å². The van der Waals surface area contributed by atoms with Gasteiger partial charge in [-0.2, -0.15) is 4.52 Å². The Labute approximate surface area is 122 Å². The van der Waals surface area contributed by atoms with Crippen molar-refractivity contribution in [3.63, 3.8) is 0 Å². The lowest BCUT2D eigenvalue weighted by Crippen LogP contribution is -2.40. The Kier molecular flexibility index (Phi) is 2.85. The highest BCUT2D eigenvalue weighted by Gasteiger charge is 2.31. The molecule has 0 aromatic carbocycles. The molecule has 112 valence electrons. The van der Waals surface area contributed by atoms with Crippen molar-refractivity contribution in [3.05, 3.63) is 18.0 Å². The summed E-state index contributed by atoms with van der Waals surface area (Å²) in [5, 5.41) is 16.2. The number of rotatable bonds is 2. The molecule has 4 rings (SSSR count). The van der Waals surface area contributed by atoms with E-state index in [-0.39, 0.29) is 0 Å². The molecule has 1 N–H and O–H groups in total. The fraction of sp³-hybridized carbons (Fsp3) is 0.643. The number of hydrogen-bond acceptors (Lipinski definition) is 5. The molecular weight excluding hydrogens is 271 g/mol. The lowest BCUT2D eigenvalue weighted by Gasteiger charge is -2.26. The van der Waals surface area contributed by atoms with Crippen molar-refractivity contribution >= 4 is 11.5 Å². The number of fused-ring (bicyclic) bond motifs is 1. The molecule has 0 amide bonds. The Morgan fingerprint density at radius 1 is 1.33 bits per heavy atom. The van der Waals surface area contributed by atoms with Crippen LogP contribution in [0.1, 0.15) is 31.5 Å². The van der Waals surface area contributed by atoms with Crippen molar-refractivity contribution < 1.29 is 4.39 Å². The van der Waals surface area contributed by atoms with Gasteiger partial charge in [-0.25, -0.2) is 4.39 Å². The SMILES string of the molecule is CC1(F)CNCCN(c2ccc3nnc(C4CC4)n3n2)C1. The van der Waals surface area contributed by atoms with Crippen molar-refractivity contribution in [3.8, 4) is 0 Å². The lowest BCUT2D eigenvalue weighted by atomic mass is 10.1. The first-order valence-corrected chi connectivity index (χ1v) is 7.49. The van der Waals surface area contributed by atoms with Gasteiger partial charge in [-0.15, -0.1) is 15.3 Å². The first-order chi connectivity index (χ1) is 10.1. The van der Waals surface area contributed by atoms with Gasteiger partial charge < -0.3 is 10.2 Å². The molecule has 1 aliphatic heterocycles. The topological polar surface area (TPSA) is 58.3 Å². The van der Waals surface area contributed by atoms with Gasteiger partial charge in [0.05, 0.1) is 6.54 Å². The number of alkyl halides is 1. The van der Waals surface area contributed by atoms with E-state index in [1.807, 2.05) is 21.5 Å². The molecular formula is C14H19FN6. The summed E-state index contributed by atoms with van der Waals surface area (Å²) in [7, 11) is 0. The van der Waals surface area contributed by atoms with Gasteiger partial charge in [-0.3, -0.25) is 0 Å². The van der Waals surface area contributed by atoms with Crippen LogP contribution in [0.25, 0.3) is 5.65 Å². The van der Waals surface area contributed by atoms with Gasteiger partial charge in [0.1, 0.15) is 11.5 Å². The van der Waals surface area contributed by atoms with E-state index in [0.29, 0.717) is 19.0 Å². The largest absolute Gasteiger partial charge is 0.351 e. The molecule has 3 heterocycles. The molecule has 6 nitrogen and oxygen atoms in total. The molecule has 2 fully saturated rings. The normalized spacial score (nSPS) is 27.0. The van der Waals surface area contributed by atoms with Crippen LogP contribution in [0.15, 0.2) is 12.1 Å². The second-order valence-electron chi connectivity index (χ2n) is 6.31. The summed E-state index contributed by atoms with van der Waals surface area (Å²) in [6.45, 7) is 3.87. The van der Waals surface area contributed by atoms with E-state index in [1.54, 1.807) is 6.92 Å². The Hall–Kier alpha value is -1.76. The molecule has 0 spiro atoms. The second kappa shape index (κ2) is 4.62. The molecule has 2 aliphatic rings. The van der Waals surface area contributed by atoms with Gasteiger partial charge in [0.15, 0.2) is 11.5 Å². The molecule has 2 aromatic heterocycles. The first-order valence-electron chi connectivity index (χ1n) is 7.49. The fourth-order valence-electron chi connectivity index (χ4n) is 2.85. The Bertz CT molecular complexity index is 663. The van der Waals surface area contributed by atoms with E-state index in [1.165, 1.54) is 0 Å². The third-order valence-electron chi connectivity index (χ3n) is 4.11. The smallest absolute Gasteiger partial charge is 0.178 e. The third-order valence-corrected chi connectivity index (χ3v) is 4.11. The van der Waals surface area contributed by atoms with Gasteiger partial charge in [-0.1, -0.05) is 0 Å². The third kappa shape index (κ3) is 2.46. The van der Waals surface area contributed by atoms with Crippen LogP contribution in [0, 0.1) is 0 Å². The zero-order chi connectivity index (χ0) is 14.4. The van der Waals surface area contributed by atoms with Gasteiger partial charge in [0.25, 0.3) is 0 Å². The summed E-state index contributed by atoms with van der Waals surface area (Å²) in [5.41, 5.74) is -0.490. The minimum absolute atomic E-state index is 0.347. The zero-order valence-electron chi connectivity index (χ0n) is 12.1. The van der Waals surface area contributed by atoms with Crippen LogP contribution in [0.4, 0.5) is 10.2 Å². The van der Waals surface area contributed by atoms with Crippen LogP contribution >= 0.6 is 0 Å². The number of nitrogens with one attached hydrogen (secondary N) is 1. The number of halogens is 1. The van der Waals surface area contributed by atoms with Crippen molar-refractivity contribution in [2.45, 2.75) is 31.4 Å². The highest BCUT2D eigenvalue weighted by atomic mass is 19.1. The minimum Gasteiger partial charge on any atom is -0.351 e. The molecule has 0 bridgehead atoms. The van der Waals surface area contributed by atoms with Crippen molar-refractivity contribution in [2.75, 3.05) is 31.1 Å². The van der Waals surface area contributed by atoms with Gasteiger partial charge >= 0.3 is 0 Å². The molecule has 1 saturated heterocycles. The maximum atomic E-state index is 14.4. The van der Waals surface area contributed by atoms with Crippen LogP contribution in [-0.4, -0.2) is 51.7 Å². The van der Waals surface area contributed by atoms with Crippen molar-refractivity contribution in [1.29, 1.82) is 0 Å². The summed E-state index contributed by atoms with van der Waals surface area (Å²) in [6, 6.07) is 3.82.